The second kappa shape index (κ2) is 7.94. The molecule has 1 aliphatic heterocycles. The average molecular weight is 348 g/mol. The van der Waals surface area contributed by atoms with Crippen LogP contribution in [0.15, 0.2) is 18.2 Å². The number of nitrogens with one attached hydrogen (secondary N) is 1. The highest BCUT2D eigenvalue weighted by atomic mass is 35.5. The third kappa shape index (κ3) is 4.44. The van der Waals surface area contributed by atoms with Crippen LogP contribution in [0.5, 0.6) is 0 Å². The number of methoxy groups -OCH3 is 1. The average Bonchev–Trinajstić information content (AvgIpc) is 2.47. The Balaban J connectivity index is 0.00000242. The minimum Gasteiger partial charge on any atom is -0.465 e. The van der Waals surface area contributed by atoms with Crippen molar-refractivity contribution < 1.29 is 17.9 Å². The lowest BCUT2D eigenvalue weighted by atomic mass is 10.1. The topological polar surface area (TPSA) is 72.5 Å². The summed E-state index contributed by atoms with van der Waals surface area (Å²) in [7, 11) is -1.82. The van der Waals surface area contributed by atoms with Crippen molar-refractivity contribution in [1.29, 1.82) is 0 Å². The van der Waals surface area contributed by atoms with Crippen LogP contribution in [0, 0.1) is 6.92 Å². The van der Waals surface area contributed by atoms with Crippen LogP contribution < -0.4 is 5.32 Å². The largest absolute Gasteiger partial charge is 0.465 e. The van der Waals surface area contributed by atoms with Gasteiger partial charge >= 0.3 is 5.97 Å². The number of ether oxygens (including phenoxy) is 1. The van der Waals surface area contributed by atoms with E-state index in [2.05, 4.69) is 10.1 Å². The molecule has 0 amide bonds. The highest BCUT2D eigenvalue weighted by Crippen LogP contribution is 2.20. The Bertz CT molecular complexity index is 624. The predicted octanol–water partition coefficient (Wildman–Crippen LogP) is 1.87. The van der Waals surface area contributed by atoms with Crippen LogP contribution in [-0.4, -0.2) is 39.8 Å². The summed E-state index contributed by atoms with van der Waals surface area (Å²) in [6.45, 7) is 3.29. The number of hydrogen-bond acceptors (Lipinski definition) is 5. The van der Waals surface area contributed by atoms with E-state index < -0.39 is 15.8 Å². The molecule has 22 heavy (non-hydrogen) atoms. The van der Waals surface area contributed by atoms with Gasteiger partial charge in [0.2, 0.25) is 0 Å². The molecule has 0 spiro atoms. The van der Waals surface area contributed by atoms with Crippen molar-refractivity contribution in [3.05, 3.63) is 34.9 Å². The fourth-order valence-electron chi connectivity index (χ4n) is 2.66. The molecule has 0 unspecified atom stereocenters. The zero-order chi connectivity index (χ0) is 15.5. The fourth-order valence-corrected chi connectivity index (χ4v) is 4.49. The van der Waals surface area contributed by atoms with Crippen LogP contribution in [0.3, 0.4) is 0 Å². The number of esters is 1. The van der Waals surface area contributed by atoms with E-state index >= 15 is 0 Å². The zero-order valence-electron chi connectivity index (χ0n) is 12.8. The maximum Gasteiger partial charge on any atom is 0.338 e. The van der Waals surface area contributed by atoms with E-state index in [1.807, 2.05) is 0 Å². The lowest BCUT2D eigenvalue weighted by Gasteiger charge is -2.22. The van der Waals surface area contributed by atoms with Gasteiger partial charge in [-0.1, -0.05) is 12.1 Å². The minimum atomic E-state index is -3.15. The van der Waals surface area contributed by atoms with E-state index in [-0.39, 0.29) is 23.4 Å². The number of carbonyl (C=O) groups excluding carboxylic acids is 1. The van der Waals surface area contributed by atoms with Crippen LogP contribution in [0.25, 0.3) is 0 Å². The van der Waals surface area contributed by atoms with Crippen LogP contribution >= 0.6 is 12.4 Å². The number of piperidine rings is 1. The van der Waals surface area contributed by atoms with Gasteiger partial charge in [0.15, 0.2) is 9.84 Å². The Morgan fingerprint density at radius 1 is 1.32 bits per heavy atom. The molecule has 0 aromatic heterocycles. The molecule has 5 nitrogen and oxygen atoms in total. The second-order valence-corrected chi connectivity index (χ2v) is 7.68. The van der Waals surface area contributed by atoms with E-state index in [0.717, 1.165) is 24.2 Å². The van der Waals surface area contributed by atoms with Crippen LogP contribution in [0.2, 0.25) is 0 Å². The first-order valence-corrected chi connectivity index (χ1v) is 8.75. The number of sulfone groups is 1. The monoisotopic (exact) mass is 347 g/mol. The number of halogens is 1. The Kier molecular flexibility index (Phi) is 6.84. The zero-order valence-corrected chi connectivity index (χ0v) is 14.4. The molecule has 7 heteroatoms. The molecule has 0 radical (unpaired) electrons. The first kappa shape index (κ1) is 18.9. The summed E-state index contributed by atoms with van der Waals surface area (Å²) < 4.78 is 29.5. The lowest BCUT2D eigenvalue weighted by molar-refractivity contribution is 0.0600. The summed E-state index contributed by atoms with van der Waals surface area (Å²) >= 11 is 0. The second-order valence-electron chi connectivity index (χ2n) is 5.40. The molecular weight excluding hydrogens is 326 g/mol. The highest BCUT2D eigenvalue weighted by molar-refractivity contribution is 7.91. The van der Waals surface area contributed by atoms with Gasteiger partial charge in [-0.2, -0.15) is 0 Å². The van der Waals surface area contributed by atoms with E-state index in [1.54, 1.807) is 25.1 Å². The number of rotatable bonds is 4. The van der Waals surface area contributed by atoms with Crippen molar-refractivity contribution in [1.82, 2.24) is 5.32 Å². The number of carbonyl (C=O) groups is 1. The third-order valence-electron chi connectivity index (χ3n) is 3.86. The smallest absolute Gasteiger partial charge is 0.338 e. The van der Waals surface area contributed by atoms with E-state index in [9.17, 15) is 13.2 Å². The molecular formula is C15H22ClNO4S. The summed E-state index contributed by atoms with van der Waals surface area (Å²) in [4.78, 5) is 11.5. The van der Waals surface area contributed by atoms with Gasteiger partial charge in [0, 0.05) is 0 Å². The number of benzene rings is 1. The van der Waals surface area contributed by atoms with Crippen molar-refractivity contribution in [2.24, 2.45) is 0 Å². The lowest BCUT2D eigenvalue weighted by Crippen LogP contribution is -2.36. The van der Waals surface area contributed by atoms with Gasteiger partial charge in [0.25, 0.3) is 0 Å². The molecule has 0 atom stereocenters. The van der Waals surface area contributed by atoms with E-state index in [1.165, 1.54) is 7.11 Å². The maximum atomic E-state index is 12.4. The van der Waals surface area contributed by atoms with Crippen molar-refractivity contribution >= 4 is 28.2 Å². The van der Waals surface area contributed by atoms with Crippen molar-refractivity contribution in [3.8, 4) is 0 Å². The van der Waals surface area contributed by atoms with Crippen LogP contribution in [-0.2, 0) is 20.3 Å². The number of hydrogen-bond donors (Lipinski definition) is 1. The fraction of sp³-hybridized carbons (Fsp3) is 0.533. The molecule has 0 saturated carbocycles. The quantitative estimate of drug-likeness (QED) is 0.842. The van der Waals surface area contributed by atoms with Crippen molar-refractivity contribution in [2.45, 2.75) is 30.8 Å². The Morgan fingerprint density at radius 3 is 2.50 bits per heavy atom. The minimum absolute atomic E-state index is 0. The van der Waals surface area contributed by atoms with Gasteiger partial charge in [-0.15, -0.1) is 12.4 Å². The van der Waals surface area contributed by atoms with E-state index in [0.29, 0.717) is 18.4 Å². The summed E-state index contributed by atoms with van der Waals surface area (Å²) in [5, 5.41) is 2.91. The summed E-state index contributed by atoms with van der Waals surface area (Å²) in [5.41, 5.74) is 1.93. The van der Waals surface area contributed by atoms with Gasteiger partial charge < -0.3 is 10.1 Å². The predicted molar refractivity (Wildman–Crippen MR) is 88.3 cm³/mol. The first-order valence-electron chi connectivity index (χ1n) is 7.04. The molecule has 124 valence electrons. The molecule has 1 aliphatic rings. The van der Waals surface area contributed by atoms with Gasteiger partial charge in [-0.3, -0.25) is 0 Å². The molecule has 1 N–H and O–H groups in total. The van der Waals surface area contributed by atoms with Crippen molar-refractivity contribution in [3.63, 3.8) is 0 Å². The molecule has 0 bridgehead atoms. The highest BCUT2D eigenvalue weighted by Gasteiger charge is 2.27. The SMILES string of the molecule is COC(=O)c1ccc(CS(=O)(=O)C2CCNCC2)cc1C.Cl. The van der Waals surface area contributed by atoms with E-state index in [4.69, 9.17) is 0 Å². The van der Waals surface area contributed by atoms with Crippen molar-refractivity contribution in [2.75, 3.05) is 20.2 Å². The number of aryl methyl sites for hydroxylation is 1. The Labute approximate surface area is 137 Å². The first-order chi connectivity index (χ1) is 9.94. The normalized spacial score (nSPS) is 15.9. The molecule has 1 saturated heterocycles. The molecule has 1 heterocycles. The van der Waals surface area contributed by atoms with Gasteiger partial charge in [0.1, 0.15) is 0 Å². The Hall–Kier alpha value is -1.11. The Morgan fingerprint density at radius 2 is 1.95 bits per heavy atom. The standard InChI is InChI=1S/C15H21NO4S.ClH/c1-11-9-12(3-4-14(11)15(17)20-2)10-21(18,19)13-5-7-16-8-6-13;/h3-4,9,13,16H,5-8,10H2,1-2H3;1H. The molecule has 0 aliphatic carbocycles. The van der Waals surface area contributed by atoms with Gasteiger partial charge in [0.05, 0.1) is 23.7 Å². The van der Waals surface area contributed by atoms with Crippen LogP contribution in [0.1, 0.15) is 34.3 Å². The molecule has 2 rings (SSSR count). The van der Waals surface area contributed by atoms with Gasteiger partial charge in [-0.05, 0) is 50.0 Å². The van der Waals surface area contributed by atoms with Gasteiger partial charge in [-0.25, -0.2) is 13.2 Å². The molecule has 1 aromatic rings. The molecule has 1 aromatic carbocycles. The maximum absolute atomic E-state index is 12.4. The third-order valence-corrected chi connectivity index (χ3v) is 6.08. The summed E-state index contributed by atoms with van der Waals surface area (Å²) in [6.07, 6.45) is 1.34. The summed E-state index contributed by atoms with van der Waals surface area (Å²) in [5.74, 6) is -0.375. The summed E-state index contributed by atoms with van der Waals surface area (Å²) in [6, 6.07) is 5.08. The molecule has 1 fully saturated rings. The van der Waals surface area contributed by atoms with Crippen LogP contribution in [0.4, 0.5) is 0 Å².